The van der Waals surface area contributed by atoms with Gasteiger partial charge in [-0.05, 0) is 43.6 Å². The van der Waals surface area contributed by atoms with E-state index in [0.29, 0.717) is 6.10 Å². The van der Waals surface area contributed by atoms with E-state index in [4.69, 9.17) is 15.2 Å². The van der Waals surface area contributed by atoms with Crippen LogP contribution in [-0.2, 0) is 9.47 Å². The van der Waals surface area contributed by atoms with Crippen molar-refractivity contribution in [2.45, 2.75) is 68.6 Å². The second kappa shape index (κ2) is 5.92. The van der Waals surface area contributed by atoms with Crippen molar-refractivity contribution in [3.8, 4) is 0 Å². The molecule has 4 heteroatoms. The highest BCUT2D eigenvalue weighted by Crippen LogP contribution is 2.39. The number of rotatable bonds is 3. The zero-order valence-electron chi connectivity index (χ0n) is 11.9. The highest BCUT2D eigenvalue weighted by atomic mass is 32.2. The summed E-state index contributed by atoms with van der Waals surface area (Å²) in [5.74, 6) is 2.49. The van der Waals surface area contributed by atoms with Gasteiger partial charge >= 0.3 is 0 Å². The molecule has 2 saturated heterocycles. The van der Waals surface area contributed by atoms with Crippen molar-refractivity contribution in [1.82, 2.24) is 0 Å². The normalized spacial score (nSPS) is 33.6. The molecule has 0 amide bonds. The summed E-state index contributed by atoms with van der Waals surface area (Å²) in [6, 6.07) is 0. The van der Waals surface area contributed by atoms with E-state index in [-0.39, 0.29) is 11.1 Å². The quantitative estimate of drug-likeness (QED) is 0.866. The fraction of sp³-hybridized carbons (Fsp3) is 1.00. The Kier molecular flexibility index (Phi) is 4.42. The van der Waals surface area contributed by atoms with Crippen molar-refractivity contribution < 1.29 is 9.47 Å². The molecule has 0 aromatic carbocycles. The predicted molar refractivity (Wildman–Crippen MR) is 79.6 cm³/mol. The number of hydrogen-bond donors (Lipinski definition) is 1. The first kappa shape index (κ1) is 14.2. The molecule has 2 heterocycles. The molecule has 3 fully saturated rings. The van der Waals surface area contributed by atoms with Crippen molar-refractivity contribution >= 4 is 11.8 Å². The second-order valence-corrected chi connectivity index (χ2v) is 7.86. The van der Waals surface area contributed by atoms with E-state index in [2.05, 4.69) is 11.8 Å². The molecule has 1 atom stereocenters. The summed E-state index contributed by atoms with van der Waals surface area (Å²) in [5, 5.41) is 0. The standard InChI is InChI=1S/C15H27NO2S/c16-14(4-1-2-5-14)12-17-13-3-8-18-15(11-13)6-9-19-10-7-15/h13H,1-12,16H2. The average Bonchev–Trinajstić information content (AvgIpc) is 2.85. The predicted octanol–water partition coefficient (Wildman–Crippen LogP) is 2.72. The van der Waals surface area contributed by atoms with Gasteiger partial charge in [-0.25, -0.2) is 0 Å². The number of thioether (sulfide) groups is 1. The van der Waals surface area contributed by atoms with E-state index in [1.54, 1.807) is 0 Å². The van der Waals surface area contributed by atoms with Gasteiger partial charge in [0, 0.05) is 18.6 Å². The molecule has 1 saturated carbocycles. The molecule has 3 nitrogen and oxygen atoms in total. The average molecular weight is 285 g/mol. The van der Waals surface area contributed by atoms with E-state index in [9.17, 15) is 0 Å². The molecule has 19 heavy (non-hydrogen) atoms. The Morgan fingerprint density at radius 2 is 1.89 bits per heavy atom. The molecule has 0 aromatic rings. The molecule has 1 aliphatic carbocycles. The maximum Gasteiger partial charge on any atom is 0.0723 e. The highest BCUT2D eigenvalue weighted by Gasteiger charge is 2.40. The van der Waals surface area contributed by atoms with Crippen LogP contribution in [0.4, 0.5) is 0 Å². The molecule has 2 N–H and O–H groups in total. The minimum absolute atomic E-state index is 0.0338. The van der Waals surface area contributed by atoms with Gasteiger partial charge in [-0.15, -0.1) is 0 Å². The van der Waals surface area contributed by atoms with Crippen molar-refractivity contribution in [1.29, 1.82) is 0 Å². The van der Waals surface area contributed by atoms with Crippen molar-refractivity contribution in [3.63, 3.8) is 0 Å². The third-order valence-corrected chi connectivity index (χ3v) is 6.04. The van der Waals surface area contributed by atoms with E-state index in [1.165, 1.54) is 37.2 Å². The lowest BCUT2D eigenvalue weighted by Gasteiger charge is -2.43. The topological polar surface area (TPSA) is 44.5 Å². The summed E-state index contributed by atoms with van der Waals surface area (Å²) < 4.78 is 12.3. The maximum atomic E-state index is 6.39. The fourth-order valence-corrected chi connectivity index (χ4v) is 4.96. The van der Waals surface area contributed by atoms with Crippen LogP contribution in [0.15, 0.2) is 0 Å². The second-order valence-electron chi connectivity index (χ2n) is 6.64. The molecular weight excluding hydrogens is 258 g/mol. The first-order valence-electron chi connectivity index (χ1n) is 7.82. The highest BCUT2D eigenvalue weighted by molar-refractivity contribution is 7.99. The third kappa shape index (κ3) is 3.46. The van der Waals surface area contributed by atoms with Gasteiger partial charge in [-0.1, -0.05) is 12.8 Å². The Bertz CT molecular complexity index is 293. The lowest BCUT2D eigenvalue weighted by molar-refractivity contribution is -0.141. The summed E-state index contributed by atoms with van der Waals surface area (Å²) in [6.07, 6.45) is 9.73. The van der Waals surface area contributed by atoms with Crippen LogP contribution in [0, 0.1) is 0 Å². The van der Waals surface area contributed by atoms with Crippen molar-refractivity contribution in [2.24, 2.45) is 5.73 Å². The van der Waals surface area contributed by atoms with Crippen molar-refractivity contribution in [3.05, 3.63) is 0 Å². The van der Waals surface area contributed by atoms with Crippen LogP contribution in [0.25, 0.3) is 0 Å². The monoisotopic (exact) mass is 285 g/mol. The molecule has 3 aliphatic rings. The molecule has 110 valence electrons. The number of ether oxygens (including phenoxy) is 2. The molecule has 2 aliphatic heterocycles. The fourth-order valence-electron chi connectivity index (χ4n) is 3.72. The molecule has 0 aromatic heterocycles. The first-order chi connectivity index (χ1) is 9.20. The van der Waals surface area contributed by atoms with E-state index in [1.807, 2.05) is 0 Å². The summed E-state index contributed by atoms with van der Waals surface area (Å²) in [5.41, 5.74) is 6.48. The summed E-state index contributed by atoms with van der Waals surface area (Å²) in [7, 11) is 0. The Morgan fingerprint density at radius 1 is 1.16 bits per heavy atom. The van der Waals surface area contributed by atoms with Crippen LogP contribution in [0.2, 0.25) is 0 Å². The SMILES string of the molecule is NC1(COC2CCOC3(CCSCC3)C2)CCCC1. The minimum atomic E-state index is -0.0338. The molecule has 0 radical (unpaired) electrons. The lowest BCUT2D eigenvalue weighted by Crippen LogP contribution is -2.48. The van der Waals surface area contributed by atoms with Crippen LogP contribution in [-0.4, -0.2) is 42.0 Å². The zero-order valence-corrected chi connectivity index (χ0v) is 12.7. The lowest BCUT2D eigenvalue weighted by atomic mass is 9.86. The minimum Gasteiger partial charge on any atom is -0.376 e. The van der Waals surface area contributed by atoms with E-state index >= 15 is 0 Å². The van der Waals surface area contributed by atoms with Gasteiger partial charge in [0.15, 0.2) is 0 Å². The Morgan fingerprint density at radius 3 is 2.63 bits per heavy atom. The Hall–Kier alpha value is 0.230. The number of nitrogens with two attached hydrogens (primary N) is 1. The van der Waals surface area contributed by atoms with Crippen LogP contribution in [0.5, 0.6) is 0 Å². The summed E-state index contributed by atoms with van der Waals surface area (Å²) in [4.78, 5) is 0. The van der Waals surface area contributed by atoms with Crippen LogP contribution in [0.3, 0.4) is 0 Å². The van der Waals surface area contributed by atoms with Gasteiger partial charge in [-0.3, -0.25) is 0 Å². The Labute approximate surface area is 121 Å². The molecular formula is C15H27NO2S. The smallest absolute Gasteiger partial charge is 0.0723 e. The van der Waals surface area contributed by atoms with Crippen LogP contribution < -0.4 is 5.73 Å². The molecule has 1 unspecified atom stereocenters. The largest absolute Gasteiger partial charge is 0.376 e. The van der Waals surface area contributed by atoms with Gasteiger partial charge in [0.2, 0.25) is 0 Å². The van der Waals surface area contributed by atoms with E-state index < -0.39 is 0 Å². The van der Waals surface area contributed by atoms with Gasteiger partial charge in [0.25, 0.3) is 0 Å². The van der Waals surface area contributed by atoms with Crippen LogP contribution in [0.1, 0.15) is 51.4 Å². The summed E-state index contributed by atoms with van der Waals surface area (Å²) >= 11 is 2.06. The van der Waals surface area contributed by atoms with Gasteiger partial charge in [-0.2, -0.15) is 11.8 Å². The maximum absolute atomic E-state index is 6.39. The Balaban J connectivity index is 1.50. The first-order valence-corrected chi connectivity index (χ1v) is 8.98. The van der Waals surface area contributed by atoms with Gasteiger partial charge < -0.3 is 15.2 Å². The molecule has 3 rings (SSSR count). The van der Waals surface area contributed by atoms with Crippen molar-refractivity contribution in [2.75, 3.05) is 24.7 Å². The number of hydrogen-bond acceptors (Lipinski definition) is 4. The van der Waals surface area contributed by atoms with Gasteiger partial charge in [0.1, 0.15) is 0 Å². The zero-order chi connectivity index (χ0) is 13.2. The van der Waals surface area contributed by atoms with Crippen LogP contribution >= 0.6 is 11.8 Å². The third-order valence-electron chi connectivity index (χ3n) is 5.06. The summed E-state index contributed by atoms with van der Waals surface area (Å²) in [6.45, 7) is 1.62. The molecule has 1 spiro atoms. The van der Waals surface area contributed by atoms with E-state index in [0.717, 1.165) is 38.9 Å². The van der Waals surface area contributed by atoms with Gasteiger partial charge in [0.05, 0.1) is 18.3 Å². The molecule has 0 bridgehead atoms.